The Balaban J connectivity index is 6.84. The number of rotatable bonds is 39. The maximum absolute atomic E-state index is 13.5. The summed E-state index contributed by atoms with van der Waals surface area (Å²) in [5.41, 5.74) is 0. The number of nitrogens with zero attached hydrogens (tertiary/aromatic N) is 1. The van der Waals surface area contributed by atoms with E-state index in [4.69, 9.17) is 61.0 Å². The molecule has 0 aromatic carbocycles. The molecule has 0 rings (SSSR count). The maximum Gasteiger partial charge on any atom is 0.306 e. The zero-order chi connectivity index (χ0) is 66.2. The molecule has 0 aromatic heterocycles. The molecule has 9 nitrogen and oxygen atoms in total. The monoisotopic (exact) mass is 791 g/mol. The second-order valence-electron chi connectivity index (χ2n) is 12.4. The normalized spacial score (nSPS) is 26.7. The standard InChI is InChI=1S/C42H82NO8P/c1-6-8-10-12-14-16-18-20-21-23-25-27-29-31-33-35-42(45)51-40(39-50-52(46,47)49-37-36-43(3,4)5)38-48-41(44)34-32-30-28-26-24-22-19-17-15-13-11-9-7-2/h20-21,40H,6-19,22-39H2,1-5H3/b21-20+/t40-/m1/s1/i2D3,7D2,9D2,11D2,13D2,15D2,17D2,19D2,22D2,24D2,26D2,28D2,30D2,32D2,34D2. The van der Waals surface area contributed by atoms with Crippen LogP contribution >= 0.6 is 7.82 Å². The highest BCUT2D eigenvalue weighted by Gasteiger charge is 2.21. The molecule has 10 heteroatoms. The predicted octanol–water partition coefficient (Wildman–Crippen LogP) is 11.2. The Hall–Kier alpha value is -1.25. The van der Waals surface area contributed by atoms with Crippen molar-refractivity contribution in [1.82, 2.24) is 0 Å². The number of carbonyl (C=O) groups is 2. The van der Waals surface area contributed by atoms with E-state index in [2.05, 4.69) is 19.1 Å². The SMILES string of the molecule is [2H]C([2H])([2H])C([2H])([2H])C([2H])([2H])C([2H])([2H])C([2H])([2H])C([2H])([2H])C([2H])([2H])C([2H])([2H])C([2H])([2H])C([2H])([2H])C([2H])([2H])C([2H])([2H])C([2H])([2H])C([2H])([2H])C([2H])([2H])C(=O)OC[C@H](COP(=O)([O-])OCC[N+](C)(C)C)OC(=O)CCCCCCC/C=C/CCCCCCCC. The van der Waals surface area contributed by atoms with E-state index >= 15 is 0 Å². The molecular formula is C42H82NO8P. The summed E-state index contributed by atoms with van der Waals surface area (Å²) >= 11 is 0. The van der Waals surface area contributed by atoms with Crippen molar-refractivity contribution in [2.24, 2.45) is 0 Å². The second-order valence-corrected chi connectivity index (χ2v) is 13.8. The van der Waals surface area contributed by atoms with Crippen LogP contribution in [0.4, 0.5) is 0 Å². The summed E-state index contributed by atoms with van der Waals surface area (Å²) < 4.78 is 287. The molecule has 0 aliphatic carbocycles. The van der Waals surface area contributed by atoms with Gasteiger partial charge in [0.15, 0.2) is 6.10 Å². The molecule has 0 saturated carbocycles. The number of esters is 2. The fourth-order valence-electron chi connectivity index (χ4n) is 3.97. The highest BCUT2D eigenvalue weighted by molar-refractivity contribution is 7.45. The van der Waals surface area contributed by atoms with Gasteiger partial charge in [-0.1, -0.05) is 154 Å². The molecule has 0 fully saturated rings. The largest absolute Gasteiger partial charge is 0.756 e. The van der Waals surface area contributed by atoms with Crippen molar-refractivity contribution < 1.29 is 84.5 Å². The van der Waals surface area contributed by atoms with Crippen molar-refractivity contribution in [2.45, 2.75) is 199 Å². The third kappa shape index (κ3) is 38.5. The fourth-order valence-corrected chi connectivity index (χ4v) is 4.70. The molecule has 1 unspecified atom stereocenters. The van der Waals surface area contributed by atoms with E-state index in [9.17, 15) is 19.0 Å². The van der Waals surface area contributed by atoms with Crippen LogP contribution in [0.1, 0.15) is 235 Å². The predicted molar refractivity (Wildman–Crippen MR) is 213 cm³/mol. The summed E-state index contributed by atoms with van der Waals surface area (Å²) in [4.78, 5) is 39.1. The van der Waals surface area contributed by atoms with Crippen LogP contribution in [0.3, 0.4) is 0 Å². The molecule has 0 heterocycles. The van der Waals surface area contributed by atoms with Gasteiger partial charge in [-0.25, -0.2) is 0 Å². The van der Waals surface area contributed by atoms with Crippen molar-refractivity contribution in [3.63, 3.8) is 0 Å². The lowest BCUT2D eigenvalue weighted by Crippen LogP contribution is -2.37. The lowest BCUT2D eigenvalue weighted by Gasteiger charge is -2.28. The van der Waals surface area contributed by atoms with Gasteiger partial charge in [0.25, 0.3) is 7.82 Å². The molecule has 0 aromatic rings. The van der Waals surface area contributed by atoms with E-state index in [0.29, 0.717) is 12.8 Å². The minimum absolute atomic E-state index is 0.138. The lowest BCUT2D eigenvalue weighted by atomic mass is 10.0. The van der Waals surface area contributed by atoms with Gasteiger partial charge < -0.3 is 27.9 Å². The maximum atomic E-state index is 13.5. The van der Waals surface area contributed by atoms with Gasteiger partial charge in [-0.2, -0.15) is 0 Å². The highest BCUT2D eigenvalue weighted by Crippen LogP contribution is 2.38. The Morgan fingerprint density at radius 2 is 1.23 bits per heavy atom. The summed E-state index contributed by atoms with van der Waals surface area (Å²) in [6.07, 6.45) is -55.7. The van der Waals surface area contributed by atoms with E-state index in [-0.39, 0.29) is 23.9 Å². The Morgan fingerprint density at radius 3 is 1.79 bits per heavy atom. The fraction of sp³-hybridized carbons (Fsp3) is 0.905. The van der Waals surface area contributed by atoms with Crippen LogP contribution in [-0.2, 0) is 32.7 Å². The van der Waals surface area contributed by atoms with E-state index in [1.165, 1.54) is 32.1 Å². The third-order valence-electron chi connectivity index (χ3n) is 6.69. The number of unbranched alkanes of at least 4 members (excludes halogenated alkanes) is 11. The Morgan fingerprint density at radius 1 is 0.712 bits per heavy atom. The zero-order valence-corrected chi connectivity index (χ0v) is 32.0. The number of quaternary nitrogens is 1. The van der Waals surface area contributed by atoms with E-state index in [0.717, 1.165) is 32.1 Å². The van der Waals surface area contributed by atoms with Crippen LogP contribution < -0.4 is 4.89 Å². The van der Waals surface area contributed by atoms with E-state index in [1.807, 2.05) is 0 Å². The van der Waals surface area contributed by atoms with Crippen LogP contribution in [0.5, 0.6) is 0 Å². The van der Waals surface area contributed by atoms with Gasteiger partial charge in [0.2, 0.25) is 0 Å². The van der Waals surface area contributed by atoms with Gasteiger partial charge in [0.1, 0.15) is 19.8 Å². The number of phosphoric acid groups is 1. The van der Waals surface area contributed by atoms with Gasteiger partial charge >= 0.3 is 11.9 Å². The molecular weight excluding hydrogens is 677 g/mol. The molecule has 0 amide bonds. The van der Waals surface area contributed by atoms with Gasteiger partial charge in [-0.15, -0.1) is 0 Å². The first-order chi connectivity index (χ1) is 36.7. The van der Waals surface area contributed by atoms with Crippen LogP contribution in [0.2, 0.25) is 0 Å². The summed E-state index contributed by atoms with van der Waals surface area (Å²) in [6.45, 7) is -4.86. The first kappa shape index (κ1) is 19.3. The molecule has 0 N–H and O–H groups in total. The second kappa shape index (κ2) is 35.5. The quantitative estimate of drug-likeness (QED) is 0.0199. The number of hydrogen-bond donors (Lipinski definition) is 0. The Kier molecular flexibility index (Phi) is 13.1. The number of carbonyl (C=O) groups excluding carboxylic acids is 2. The van der Waals surface area contributed by atoms with Crippen molar-refractivity contribution >= 4 is 19.8 Å². The number of allylic oxidation sites excluding steroid dienone is 2. The molecule has 0 aliphatic heterocycles. The molecule has 0 aliphatic rings. The molecule has 308 valence electrons. The molecule has 0 saturated heterocycles. The van der Waals surface area contributed by atoms with Crippen molar-refractivity contribution in [3.05, 3.63) is 12.2 Å². The average molecular weight is 791 g/mol. The first-order valence-corrected chi connectivity index (χ1v) is 19.0. The number of ether oxygens (including phenoxy) is 2. The topological polar surface area (TPSA) is 111 Å². The van der Waals surface area contributed by atoms with Crippen LogP contribution in [0.25, 0.3) is 0 Å². The smallest absolute Gasteiger partial charge is 0.306 e. The van der Waals surface area contributed by atoms with Gasteiger partial charge in [-0.05, 0) is 38.5 Å². The zero-order valence-electron chi connectivity index (χ0n) is 62.1. The molecule has 2 atom stereocenters. The molecule has 0 spiro atoms. The van der Waals surface area contributed by atoms with Crippen LogP contribution in [0.15, 0.2) is 12.2 Å². The Bertz CT molecular complexity index is 2170. The number of likely N-dealkylation sites (N-methyl/N-ethyl adjacent to an activating group) is 1. The number of phosphoric ester groups is 1. The third-order valence-corrected chi connectivity index (χ3v) is 7.65. The summed E-state index contributed by atoms with van der Waals surface area (Å²) in [5.74, 6) is -3.52. The van der Waals surface area contributed by atoms with Gasteiger partial charge in [0, 0.05) is 55.3 Å². The Labute approximate surface area is 364 Å². The van der Waals surface area contributed by atoms with Crippen LogP contribution in [0, 0.1) is 0 Å². The summed E-state index contributed by atoms with van der Waals surface area (Å²) in [7, 11) is -0.124. The average Bonchev–Trinajstić information content (AvgIpc) is 3.31. The van der Waals surface area contributed by atoms with E-state index in [1.54, 1.807) is 21.1 Å². The molecule has 0 radical (unpaired) electrons. The first-order valence-electron chi connectivity index (χ1n) is 33.1. The highest BCUT2D eigenvalue weighted by atomic mass is 31.2. The van der Waals surface area contributed by atoms with Crippen molar-refractivity contribution in [1.29, 1.82) is 0 Å². The minimum Gasteiger partial charge on any atom is -0.756 e. The van der Waals surface area contributed by atoms with Crippen molar-refractivity contribution in [2.75, 3.05) is 47.5 Å². The molecule has 52 heavy (non-hydrogen) atoms. The summed E-state index contributed by atoms with van der Waals surface area (Å²) in [6, 6.07) is 0. The van der Waals surface area contributed by atoms with Gasteiger partial charge in [-0.3, -0.25) is 14.2 Å². The lowest BCUT2D eigenvalue weighted by molar-refractivity contribution is -0.870. The van der Waals surface area contributed by atoms with Crippen molar-refractivity contribution in [3.8, 4) is 0 Å². The number of hydrogen-bond acceptors (Lipinski definition) is 8. The van der Waals surface area contributed by atoms with Gasteiger partial charge in [0.05, 0.1) is 27.7 Å². The molecule has 0 bridgehead atoms. The summed E-state index contributed by atoms with van der Waals surface area (Å²) in [5, 5.41) is 0. The van der Waals surface area contributed by atoms with Crippen LogP contribution in [-0.4, -0.2) is 70.0 Å². The minimum atomic E-state index is -5.24. The van der Waals surface area contributed by atoms with E-state index < -0.39 is 142 Å².